The molecule has 0 saturated heterocycles. The molecule has 0 bridgehead atoms. The van der Waals surface area contributed by atoms with Gasteiger partial charge in [-0.15, -0.1) is 0 Å². The number of nitro benzene ring substituents is 1. The lowest BCUT2D eigenvalue weighted by molar-refractivity contribution is -0.384. The summed E-state index contributed by atoms with van der Waals surface area (Å²) in [4.78, 5) is 9.25. The fraction of sp³-hybridized carbons (Fsp3) is 0.0769. The summed E-state index contributed by atoms with van der Waals surface area (Å²) in [6.45, 7) is 0. The van der Waals surface area contributed by atoms with E-state index in [0.717, 1.165) is 24.3 Å². The van der Waals surface area contributed by atoms with E-state index in [1.807, 2.05) is 0 Å². The van der Waals surface area contributed by atoms with Gasteiger partial charge in [0.05, 0.1) is 15.7 Å². The fourth-order valence-electron chi connectivity index (χ4n) is 1.78. The number of nitrogens with zero attached hydrogens (tertiary/aromatic N) is 1. The molecule has 0 radical (unpaired) electrons. The van der Waals surface area contributed by atoms with Crippen LogP contribution in [0, 0.1) is 21.7 Å². The Balaban J connectivity index is 2.39. The Labute approximate surface area is 129 Å². The van der Waals surface area contributed by atoms with Crippen molar-refractivity contribution in [3.63, 3.8) is 0 Å². The number of hydrogen-bond donors (Lipinski definition) is 0. The summed E-state index contributed by atoms with van der Waals surface area (Å²) in [5.41, 5.74) is -0.213. The fourth-order valence-corrected chi connectivity index (χ4v) is 3.55. The largest absolute Gasteiger partial charge is 0.270 e. The minimum Gasteiger partial charge on any atom is -0.258 e. The molecule has 0 aromatic heterocycles. The van der Waals surface area contributed by atoms with Crippen molar-refractivity contribution >= 4 is 27.1 Å². The van der Waals surface area contributed by atoms with Crippen LogP contribution in [0.4, 0.5) is 14.5 Å². The smallest absolute Gasteiger partial charge is 0.258 e. The molecule has 0 amide bonds. The van der Waals surface area contributed by atoms with E-state index < -0.39 is 37.0 Å². The van der Waals surface area contributed by atoms with E-state index >= 15 is 0 Å². The van der Waals surface area contributed by atoms with Crippen LogP contribution in [0.1, 0.15) is 5.56 Å². The van der Waals surface area contributed by atoms with Crippen molar-refractivity contribution < 1.29 is 22.1 Å². The number of non-ortho nitro benzene ring substituents is 1. The van der Waals surface area contributed by atoms with Crippen molar-refractivity contribution in [2.75, 3.05) is 0 Å². The van der Waals surface area contributed by atoms with Crippen LogP contribution in [-0.2, 0) is 15.6 Å². The summed E-state index contributed by atoms with van der Waals surface area (Å²) in [5, 5.41) is 10.5. The lowest BCUT2D eigenvalue weighted by Gasteiger charge is -2.07. The van der Waals surface area contributed by atoms with Crippen LogP contribution < -0.4 is 0 Å². The van der Waals surface area contributed by atoms with Gasteiger partial charge in [0.1, 0.15) is 16.5 Å². The standard InChI is InChI=1S/C13H8ClF2NO4S/c14-11-6-10(17(18)19)3-1-8(11)7-22(20,21)13-4-2-9(15)5-12(13)16/h1-6H,7H2. The highest BCUT2D eigenvalue weighted by Crippen LogP contribution is 2.27. The number of halogens is 3. The van der Waals surface area contributed by atoms with Gasteiger partial charge in [0.25, 0.3) is 5.69 Å². The minimum atomic E-state index is -4.11. The Morgan fingerprint density at radius 3 is 2.36 bits per heavy atom. The molecule has 0 saturated carbocycles. The second-order valence-electron chi connectivity index (χ2n) is 4.37. The third kappa shape index (κ3) is 3.40. The van der Waals surface area contributed by atoms with E-state index in [9.17, 15) is 27.3 Å². The van der Waals surface area contributed by atoms with Gasteiger partial charge in [-0.05, 0) is 23.8 Å². The molecule has 0 spiro atoms. The van der Waals surface area contributed by atoms with Crippen molar-refractivity contribution in [1.82, 2.24) is 0 Å². The van der Waals surface area contributed by atoms with Crippen molar-refractivity contribution in [3.8, 4) is 0 Å². The first-order chi connectivity index (χ1) is 10.2. The summed E-state index contributed by atoms with van der Waals surface area (Å²) in [6.07, 6.45) is 0. The molecule has 0 aliphatic heterocycles. The SMILES string of the molecule is O=[N+]([O-])c1ccc(CS(=O)(=O)c2ccc(F)cc2F)c(Cl)c1. The zero-order valence-corrected chi connectivity index (χ0v) is 12.4. The van der Waals surface area contributed by atoms with Crippen LogP contribution in [0.2, 0.25) is 5.02 Å². The predicted molar refractivity (Wildman–Crippen MR) is 75.4 cm³/mol. The van der Waals surface area contributed by atoms with Crippen LogP contribution in [0.3, 0.4) is 0 Å². The summed E-state index contributed by atoms with van der Waals surface area (Å²) in [6, 6.07) is 5.39. The molecular formula is C13H8ClF2NO4S. The maximum absolute atomic E-state index is 13.6. The normalized spacial score (nSPS) is 11.4. The number of sulfone groups is 1. The molecule has 0 aliphatic rings. The molecule has 2 aromatic carbocycles. The van der Waals surface area contributed by atoms with Gasteiger partial charge in [0.2, 0.25) is 0 Å². The third-order valence-electron chi connectivity index (χ3n) is 2.82. The second kappa shape index (κ2) is 5.98. The van der Waals surface area contributed by atoms with E-state index in [-0.39, 0.29) is 16.3 Å². The van der Waals surface area contributed by atoms with E-state index in [2.05, 4.69) is 0 Å². The van der Waals surface area contributed by atoms with Crippen molar-refractivity contribution in [2.45, 2.75) is 10.6 Å². The van der Waals surface area contributed by atoms with Gasteiger partial charge >= 0.3 is 0 Å². The molecule has 0 atom stereocenters. The number of hydrogen-bond acceptors (Lipinski definition) is 4. The van der Waals surface area contributed by atoms with Gasteiger partial charge in [0, 0.05) is 18.2 Å². The average Bonchev–Trinajstić information content (AvgIpc) is 2.40. The summed E-state index contributed by atoms with van der Waals surface area (Å²) in [5.74, 6) is -2.77. The molecule has 2 rings (SSSR count). The highest BCUT2D eigenvalue weighted by Gasteiger charge is 2.22. The highest BCUT2D eigenvalue weighted by atomic mass is 35.5. The van der Waals surface area contributed by atoms with E-state index in [4.69, 9.17) is 11.6 Å². The lowest BCUT2D eigenvalue weighted by Crippen LogP contribution is -2.08. The zero-order valence-electron chi connectivity index (χ0n) is 10.8. The highest BCUT2D eigenvalue weighted by molar-refractivity contribution is 7.90. The molecule has 22 heavy (non-hydrogen) atoms. The van der Waals surface area contributed by atoms with Crippen molar-refractivity contribution in [2.24, 2.45) is 0 Å². The number of benzene rings is 2. The first kappa shape index (κ1) is 16.3. The molecule has 9 heteroatoms. The summed E-state index contributed by atoms with van der Waals surface area (Å²) >= 11 is 5.81. The second-order valence-corrected chi connectivity index (χ2v) is 6.73. The Bertz CT molecular complexity index is 855. The summed E-state index contributed by atoms with van der Waals surface area (Å²) < 4.78 is 50.7. The van der Waals surface area contributed by atoms with Crippen LogP contribution in [0.15, 0.2) is 41.3 Å². The van der Waals surface area contributed by atoms with Crippen LogP contribution in [0.5, 0.6) is 0 Å². The third-order valence-corrected chi connectivity index (χ3v) is 4.87. The molecular weight excluding hydrogens is 340 g/mol. The molecule has 0 aliphatic carbocycles. The monoisotopic (exact) mass is 347 g/mol. The quantitative estimate of drug-likeness (QED) is 0.482. The number of nitro groups is 1. The first-order valence-corrected chi connectivity index (χ1v) is 7.84. The van der Waals surface area contributed by atoms with Gasteiger partial charge in [-0.2, -0.15) is 0 Å². The molecule has 0 fully saturated rings. The number of rotatable bonds is 4. The van der Waals surface area contributed by atoms with Crippen molar-refractivity contribution in [3.05, 3.63) is 68.7 Å². The molecule has 0 heterocycles. The Morgan fingerprint density at radius 2 is 1.82 bits per heavy atom. The topological polar surface area (TPSA) is 77.3 Å². The maximum atomic E-state index is 13.6. The molecule has 0 N–H and O–H groups in total. The van der Waals surface area contributed by atoms with Gasteiger partial charge in [-0.1, -0.05) is 11.6 Å². The van der Waals surface area contributed by atoms with Gasteiger partial charge in [0.15, 0.2) is 9.84 Å². The Kier molecular flexibility index (Phi) is 4.43. The summed E-state index contributed by atoms with van der Waals surface area (Å²) in [7, 11) is -4.11. The maximum Gasteiger partial charge on any atom is 0.270 e. The Hall–Kier alpha value is -2.06. The molecule has 116 valence electrons. The van der Waals surface area contributed by atoms with Crippen molar-refractivity contribution in [1.29, 1.82) is 0 Å². The van der Waals surface area contributed by atoms with Gasteiger partial charge < -0.3 is 0 Å². The van der Waals surface area contributed by atoms with Gasteiger partial charge in [-0.25, -0.2) is 17.2 Å². The Morgan fingerprint density at radius 1 is 1.14 bits per heavy atom. The molecule has 5 nitrogen and oxygen atoms in total. The van der Waals surface area contributed by atoms with Crippen LogP contribution in [0.25, 0.3) is 0 Å². The zero-order chi connectivity index (χ0) is 16.5. The van der Waals surface area contributed by atoms with E-state index in [1.165, 1.54) is 6.07 Å². The van der Waals surface area contributed by atoms with Crippen LogP contribution in [-0.4, -0.2) is 13.3 Å². The van der Waals surface area contributed by atoms with E-state index in [0.29, 0.717) is 6.07 Å². The van der Waals surface area contributed by atoms with Gasteiger partial charge in [-0.3, -0.25) is 10.1 Å². The van der Waals surface area contributed by atoms with Crippen LogP contribution >= 0.6 is 11.6 Å². The minimum absolute atomic E-state index is 0.0796. The lowest BCUT2D eigenvalue weighted by atomic mass is 10.2. The molecule has 2 aromatic rings. The molecule has 0 unspecified atom stereocenters. The predicted octanol–water partition coefficient (Wildman–Crippen LogP) is 3.50. The average molecular weight is 348 g/mol. The van der Waals surface area contributed by atoms with E-state index in [1.54, 1.807) is 0 Å². The first-order valence-electron chi connectivity index (χ1n) is 5.81.